The first-order valence-electron chi connectivity index (χ1n) is 9.05. The Bertz CT molecular complexity index is 814. The highest BCUT2D eigenvalue weighted by molar-refractivity contribution is 5.95. The topological polar surface area (TPSA) is 80.1 Å². The van der Waals surface area contributed by atoms with E-state index in [1.807, 2.05) is 43.1 Å². The molecule has 0 aliphatic carbocycles. The Labute approximate surface area is 153 Å². The Morgan fingerprint density at radius 1 is 1.35 bits per heavy atom. The van der Waals surface area contributed by atoms with Crippen LogP contribution in [0.15, 0.2) is 24.4 Å². The van der Waals surface area contributed by atoms with Gasteiger partial charge in [0, 0.05) is 26.2 Å². The van der Waals surface area contributed by atoms with Crippen LogP contribution in [0.2, 0.25) is 0 Å². The number of amides is 2. The van der Waals surface area contributed by atoms with Crippen LogP contribution in [0.3, 0.4) is 0 Å². The Kier molecular flexibility index (Phi) is 5.35. The first kappa shape index (κ1) is 18.1. The molecule has 3 heterocycles. The summed E-state index contributed by atoms with van der Waals surface area (Å²) in [6, 6.07) is 5.73. The van der Waals surface area contributed by atoms with E-state index < -0.39 is 0 Å². The highest BCUT2D eigenvalue weighted by Gasteiger charge is 2.33. The molecule has 26 heavy (non-hydrogen) atoms. The second-order valence-electron chi connectivity index (χ2n) is 6.60. The van der Waals surface area contributed by atoms with Crippen molar-refractivity contribution >= 4 is 11.8 Å². The van der Waals surface area contributed by atoms with Gasteiger partial charge in [-0.1, -0.05) is 6.07 Å². The molecule has 0 aromatic carbocycles. The predicted octanol–water partition coefficient (Wildman–Crippen LogP) is 2.22. The lowest BCUT2D eigenvalue weighted by molar-refractivity contribution is -0.119. The van der Waals surface area contributed by atoms with E-state index in [1.165, 1.54) is 6.92 Å². The molecule has 1 atom stereocenters. The molecule has 1 N–H and O–H groups in total. The minimum Gasteiger partial charge on any atom is -0.351 e. The molecule has 1 fully saturated rings. The van der Waals surface area contributed by atoms with Gasteiger partial charge in [0.25, 0.3) is 5.91 Å². The zero-order valence-corrected chi connectivity index (χ0v) is 15.5. The minimum atomic E-state index is -0.0849. The number of nitrogens with zero attached hydrogens (tertiary/aromatic N) is 4. The van der Waals surface area contributed by atoms with Crippen molar-refractivity contribution < 1.29 is 9.59 Å². The molecule has 138 valence electrons. The molecule has 2 amide bonds. The van der Waals surface area contributed by atoms with Crippen molar-refractivity contribution in [3.63, 3.8) is 0 Å². The summed E-state index contributed by atoms with van der Waals surface area (Å²) in [5, 5.41) is 7.15. The van der Waals surface area contributed by atoms with E-state index in [1.54, 1.807) is 4.68 Å². The molecule has 1 aliphatic rings. The van der Waals surface area contributed by atoms with Gasteiger partial charge in [-0.2, -0.15) is 5.10 Å². The van der Waals surface area contributed by atoms with Crippen LogP contribution in [-0.2, 0) is 17.9 Å². The summed E-state index contributed by atoms with van der Waals surface area (Å²) in [7, 11) is 0. The third-order valence-electron chi connectivity index (χ3n) is 4.70. The van der Waals surface area contributed by atoms with Crippen LogP contribution in [0.4, 0.5) is 0 Å². The van der Waals surface area contributed by atoms with Gasteiger partial charge in [-0.05, 0) is 38.8 Å². The van der Waals surface area contributed by atoms with Crippen molar-refractivity contribution in [3.8, 4) is 0 Å². The largest absolute Gasteiger partial charge is 0.351 e. The number of carbonyl (C=O) groups excluding carboxylic acids is 2. The Morgan fingerprint density at radius 3 is 2.85 bits per heavy atom. The number of hydrogen-bond donors (Lipinski definition) is 1. The number of aryl methyl sites for hydroxylation is 2. The second-order valence-corrected chi connectivity index (χ2v) is 6.60. The first-order valence-corrected chi connectivity index (χ1v) is 9.05. The molecule has 0 saturated carbocycles. The standard InChI is InChI=1S/C19H25N5O2/c1-4-23-12-16(13(2)22-23)19(26)24-10-6-9-18(24)17-8-5-7-15(21-17)11-20-14(3)25/h5,7-8,12,18H,4,6,9-11H2,1-3H3,(H,20,25)/t18-/m1/s1. The molecule has 2 aromatic heterocycles. The molecule has 7 nitrogen and oxygen atoms in total. The van der Waals surface area contributed by atoms with Crippen molar-refractivity contribution in [2.75, 3.05) is 6.54 Å². The van der Waals surface area contributed by atoms with Crippen LogP contribution in [0.25, 0.3) is 0 Å². The number of rotatable bonds is 5. The SMILES string of the molecule is CCn1cc(C(=O)N2CCC[C@@H]2c2cccc(CNC(C)=O)n2)c(C)n1. The molecule has 1 aliphatic heterocycles. The summed E-state index contributed by atoms with van der Waals surface area (Å²) in [6.07, 6.45) is 3.67. The fourth-order valence-corrected chi connectivity index (χ4v) is 3.36. The van der Waals surface area contributed by atoms with E-state index in [0.717, 1.165) is 43.0 Å². The van der Waals surface area contributed by atoms with E-state index in [0.29, 0.717) is 12.1 Å². The van der Waals surface area contributed by atoms with Crippen molar-refractivity contribution in [1.29, 1.82) is 0 Å². The predicted molar refractivity (Wildman–Crippen MR) is 97.4 cm³/mol. The van der Waals surface area contributed by atoms with Crippen LogP contribution < -0.4 is 5.32 Å². The molecule has 0 radical (unpaired) electrons. The van der Waals surface area contributed by atoms with Crippen LogP contribution >= 0.6 is 0 Å². The highest BCUT2D eigenvalue weighted by atomic mass is 16.2. The van der Waals surface area contributed by atoms with Crippen molar-refractivity contribution in [1.82, 2.24) is 25.0 Å². The van der Waals surface area contributed by atoms with Gasteiger partial charge in [-0.15, -0.1) is 0 Å². The Morgan fingerprint density at radius 2 is 2.15 bits per heavy atom. The average Bonchev–Trinajstić information content (AvgIpc) is 3.26. The smallest absolute Gasteiger partial charge is 0.257 e. The van der Waals surface area contributed by atoms with Crippen molar-refractivity contribution in [2.24, 2.45) is 0 Å². The summed E-state index contributed by atoms with van der Waals surface area (Å²) < 4.78 is 1.79. The maximum absolute atomic E-state index is 13.1. The van der Waals surface area contributed by atoms with Gasteiger partial charge in [0.15, 0.2) is 0 Å². The molecular weight excluding hydrogens is 330 g/mol. The van der Waals surface area contributed by atoms with E-state index in [4.69, 9.17) is 0 Å². The zero-order valence-electron chi connectivity index (χ0n) is 15.5. The van der Waals surface area contributed by atoms with Crippen LogP contribution in [0, 0.1) is 6.92 Å². The Hall–Kier alpha value is -2.70. The average molecular weight is 355 g/mol. The third-order valence-corrected chi connectivity index (χ3v) is 4.70. The zero-order chi connectivity index (χ0) is 18.7. The number of pyridine rings is 1. The quantitative estimate of drug-likeness (QED) is 0.892. The molecule has 1 saturated heterocycles. The van der Waals surface area contributed by atoms with Gasteiger partial charge in [-0.25, -0.2) is 0 Å². The van der Waals surface area contributed by atoms with Gasteiger partial charge >= 0.3 is 0 Å². The molecule has 3 rings (SSSR count). The van der Waals surface area contributed by atoms with Crippen LogP contribution in [0.1, 0.15) is 60.2 Å². The van der Waals surface area contributed by atoms with Gasteiger partial charge in [-0.3, -0.25) is 19.3 Å². The number of carbonyl (C=O) groups is 2. The number of hydrogen-bond acceptors (Lipinski definition) is 4. The molecule has 2 aromatic rings. The number of likely N-dealkylation sites (tertiary alicyclic amines) is 1. The summed E-state index contributed by atoms with van der Waals surface area (Å²) in [4.78, 5) is 30.7. The lowest BCUT2D eigenvalue weighted by Crippen LogP contribution is -2.31. The third kappa shape index (κ3) is 3.76. The monoisotopic (exact) mass is 355 g/mol. The van der Waals surface area contributed by atoms with E-state index in [2.05, 4.69) is 15.4 Å². The molecule has 0 bridgehead atoms. The number of nitrogens with one attached hydrogen (secondary N) is 1. The molecule has 0 spiro atoms. The van der Waals surface area contributed by atoms with Crippen molar-refractivity contribution in [2.45, 2.75) is 52.7 Å². The maximum atomic E-state index is 13.1. The fraction of sp³-hybridized carbons (Fsp3) is 0.474. The summed E-state index contributed by atoms with van der Waals surface area (Å²) >= 11 is 0. The number of aromatic nitrogens is 3. The maximum Gasteiger partial charge on any atom is 0.257 e. The second kappa shape index (κ2) is 7.68. The van der Waals surface area contributed by atoms with Gasteiger partial charge in [0.2, 0.25) is 5.91 Å². The van der Waals surface area contributed by atoms with Gasteiger partial charge < -0.3 is 10.2 Å². The summed E-state index contributed by atoms with van der Waals surface area (Å²) in [5.74, 6) is -0.0722. The van der Waals surface area contributed by atoms with E-state index >= 15 is 0 Å². The van der Waals surface area contributed by atoms with Crippen LogP contribution in [0.5, 0.6) is 0 Å². The first-order chi connectivity index (χ1) is 12.5. The molecule has 7 heteroatoms. The van der Waals surface area contributed by atoms with Crippen molar-refractivity contribution in [3.05, 3.63) is 47.0 Å². The van der Waals surface area contributed by atoms with Gasteiger partial charge in [0.1, 0.15) is 0 Å². The summed E-state index contributed by atoms with van der Waals surface area (Å²) in [6.45, 7) is 7.22. The van der Waals surface area contributed by atoms with Gasteiger partial charge in [0.05, 0.1) is 35.2 Å². The van der Waals surface area contributed by atoms with Crippen LogP contribution in [-0.4, -0.2) is 38.0 Å². The fourth-order valence-electron chi connectivity index (χ4n) is 3.36. The lowest BCUT2D eigenvalue weighted by Gasteiger charge is -2.24. The summed E-state index contributed by atoms with van der Waals surface area (Å²) in [5.41, 5.74) is 3.09. The highest BCUT2D eigenvalue weighted by Crippen LogP contribution is 2.32. The normalized spacial score (nSPS) is 16.7. The Balaban J connectivity index is 1.81. The van der Waals surface area contributed by atoms with E-state index in [9.17, 15) is 9.59 Å². The minimum absolute atomic E-state index is 0.0127. The molecular formula is C19H25N5O2. The lowest BCUT2D eigenvalue weighted by atomic mass is 10.1. The molecule has 0 unspecified atom stereocenters. The van der Waals surface area contributed by atoms with E-state index in [-0.39, 0.29) is 17.9 Å².